The number of nitrogens with zero attached hydrogens (tertiary/aromatic N) is 1. The monoisotopic (exact) mass is 449 g/mol. The summed E-state index contributed by atoms with van der Waals surface area (Å²) in [5.41, 5.74) is 10.4. The van der Waals surface area contributed by atoms with Gasteiger partial charge in [-0.05, 0) is 36.5 Å². The second kappa shape index (κ2) is 9.09. The van der Waals surface area contributed by atoms with Crippen molar-refractivity contribution in [3.8, 4) is 11.1 Å². The summed E-state index contributed by atoms with van der Waals surface area (Å²) in [5, 5.41) is 0.961. The maximum atomic E-state index is 10.7. The lowest BCUT2D eigenvalue weighted by Crippen LogP contribution is -2.07. The second-order valence-corrected chi connectivity index (χ2v) is 10.9. The van der Waals surface area contributed by atoms with Gasteiger partial charge in [0.1, 0.15) is 16.3 Å². The quantitative estimate of drug-likeness (QED) is 0.246. The minimum absolute atomic E-state index is 0.620. The Kier molecular flexibility index (Phi) is 6.53. The van der Waals surface area contributed by atoms with Crippen molar-refractivity contribution >= 4 is 66.7 Å². The topological polar surface area (TPSA) is 59.1 Å². The summed E-state index contributed by atoms with van der Waals surface area (Å²) in [5.74, 6) is 2.42. The van der Waals surface area contributed by atoms with Gasteiger partial charge in [0.15, 0.2) is 11.2 Å². The lowest BCUT2D eigenvalue weighted by Gasteiger charge is -2.08. The first-order valence-electron chi connectivity index (χ1n) is 9.26. The molecule has 0 saturated carbocycles. The Morgan fingerprint density at radius 3 is 2.75 bits per heavy atom. The lowest BCUT2D eigenvalue weighted by molar-refractivity contribution is 0.636. The van der Waals surface area contributed by atoms with E-state index in [0.29, 0.717) is 17.3 Å². The van der Waals surface area contributed by atoms with Crippen LogP contribution in [0.15, 0.2) is 46.7 Å². The molecule has 1 aliphatic heterocycles. The standard InChI is InChI=1S/C21H22ClN2OS3/c22-10-4-5-12-28(25)21-19(23)18-15(14-7-2-1-3-8-14)13-16(24-20(18)27-21)17-9-6-11-26-17/h1-3,7-9,13,25H,4-6,10-12,23H2/q+1. The summed E-state index contributed by atoms with van der Waals surface area (Å²) in [4.78, 5) is 7.06. The molecule has 0 radical (unpaired) electrons. The highest BCUT2D eigenvalue weighted by Crippen LogP contribution is 2.44. The van der Waals surface area contributed by atoms with E-state index in [-0.39, 0.29) is 0 Å². The molecule has 3 nitrogen and oxygen atoms in total. The molecular weight excluding hydrogens is 428 g/mol. The van der Waals surface area contributed by atoms with Crippen LogP contribution in [0.1, 0.15) is 25.0 Å². The van der Waals surface area contributed by atoms with Gasteiger partial charge in [-0.25, -0.2) is 4.98 Å². The molecule has 2 aromatic heterocycles. The normalized spacial score (nSPS) is 15.1. The first-order chi connectivity index (χ1) is 13.7. The number of fused-ring (bicyclic) bond motifs is 1. The van der Waals surface area contributed by atoms with Gasteiger partial charge in [0, 0.05) is 21.9 Å². The van der Waals surface area contributed by atoms with Crippen LogP contribution in [0.25, 0.3) is 26.2 Å². The number of allylic oxidation sites excluding steroid dienone is 1. The molecule has 1 unspecified atom stereocenters. The van der Waals surface area contributed by atoms with Crippen molar-refractivity contribution in [1.29, 1.82) is 0 Å². The number of hydrogen-bond donors (Lipinski definition) is 2. The molecule has 1 atom stereocenters. The fourth-order valence-electron chi connectivity index (χ4n) is 3.27. The van der Waals surface area contributed by atoms with Crippen molar-refractivity contribution in [3.63, 3.8) is 0 Å². The fourth-order valence-corrected chi connectivity index (χ4v) is 7.15. The Morgan fingerprint density at radius 2 is 2.04 bits per heavy atom. The summed E-state index contributed by atoms with van der Waals surface area (Å²) < 4.78 is 11.6. The zero-order valence-electron chi connectivity index (χ0n) is 15.4. The van der Waals surface area contributed by atoms with E-state index in [4.69, 9.17) is 22.3 Å². The Balaban J connectivity index is 1.84. The van der Waals surface area contributed by atoms with E-state index in [1.807, 2.05) is 30.0 Å². The molecule has 0 spiro atoms. The molecule has 0 amide bonds. The van der Waals surface area contributed by atoms with E-state index in [1.165, 1.54) is 16.2 Å². The zero-order valence-corrected chi connectivity index (χ0v) is 18.6. The van der Waals surface area contributed by atoms with E-state index in [0.717, 1.165) is 56.3 Å². The van der Waals surface area contributed by atoms with Gasteiger partial charge >= 0.3 is 0 Å². The number of thioether (sulfide) groups is 1. The van der Waals surface area contributed by atoms with Crippen molar-refractivity contribution in [3.05, 3.63) is 48.2 Å². The van der Waals surface area contributed by atoms with Crippen molar-refractivity contribution in [1.82, 2.24) is 4.98 Å². The number of hydrogen-bond acceptors (Lipinski definition) is 5. The van der Waals surface area contributed by atoms with Crippen molar-refractivity contribution in [2.24, 2.45) is 0 Å². The van der Waals surface area contributed by atoms with Crippen LogP contribution in [0, 0.1) is 0 Å². The number of nitrogen functional groups attached to an aromatic ring is 1. The van der Waals surface area contributed by atoms with Crippen LogP contribution in [-0.4, -0.2) is 26.9 Å². The predicted octanol–water partition coefficient (Wildman–Crippen LogP) is 6.49. The minimum atomic E-state index is -0.877. The number of halogens is 1. The Hall–Kier alpha value is -1.18. The molecule has 0 fully saturated rings. The van der Waals surface area contributed by atoms with Gasteiger partial charge in [-0.3, -0.25) is 0 Å². The maximum absolute atomic E-state index is 10.7. The third-order valence-corrected chi connectivity index (χ3v) is 9.08. The van der Waals surface area contributed by atoms with Gasteiger partial charge in [0.25, 0.3) is 4.21 Å². The van der Waals surface area contributed by atoms with E-state index >= 15 is 0 Å². The number of thiophene rings is 1. The molecule has 1 aliphatic rings. The molecule has 146 valence electrons. The van der Waals surface area contributed by atoms with Crippen molar-refractivity contribution < 1.29 is 4.55 Å². The molecule has 1 aromatic carbocycles. The van der Waals surface area contributed by atoms with Crippen molar-refractivity contribution in [2.75, 3.05) is 23.1 Å². The molecule has 0 bridgehead atoms. The lowest BCUT2D eigenvalue weighted by atomic mass is 10.0. The largest absolute Gasteiger partial charge is 0.393 e. The molecular formula is C21H22ClN2OS3+. The minimum Gasteiger partial charge on any atom is -0.393 e. The van der Waals surface area contributed by atoms with Gasteiger partial charge in [0.2, 0.25) is 0 Å². The first-order valence-corrected chi connectivity index (χ1v) is 13.0. The van der Waals surface area contributed by atoms with Gasteiger partial charge in [-0.2, -0.15) is 4.55 Å². The number of unbranched alkanes of at least 4 members (excludes halogenated alkanes) is 1. The van der Waals surface area contributed by atoms with Crippen LogP contribution in [0.3, 0.4) is 0 Å². The summed E-state index contributed by atoms with van der Waals surface area (Å²) in [6.45, 7) is 0. The van der Waals surface area contributed by atoms with E-state index in [2.05, 4.69) is 24.3 Å². The highest BCUT2D eigenvalue weighted by atomic mass is 35.5. The Labute approximate surface area is 181 Å². The van der Waals surface area contributed by atoms with E-state index in [1.54, 1.807) is 0 Å². The van der Waals surface area contributed by atoms with Crippen molar-refractivity contribution in [2.45, 2.75) is 23.5 Å². The van der Waals surface area contributed by atoms with E-state index < -0.39 is 11.2 Å². The Morgan fingerprint density at radius 1 is 1.21 bits per heavy atom. The van der Waals surface area contributed by atoms with Crippen LogP contribution >= 0.6 is 34.7 Å². The van der Waals surface area contributed by atoms with Crippen LogP contribution in [0.4, 0.5) is 5.69 Å². The Bertz CT molecular complexity index is 1000. The molecule has 7 heteroatoms. The molecule has 3 heterocycles. The molecule has 4 rings (SSSR count). The van der Waals surface area contributed by atoms with Gasteiger partial charge in [0.05, 0.1) is 5.69 Å². The third-order valence-electron chi connectivity index (χ3n) is 4.64. The number of aromatic nitrogens is 1. The number of nitrogens with two attached hydrogens (primary N) is 1. The highest BCUT2D eigenvalue weighted by molar-refractivity contribution is 8.08. The molecule has 28 heavy (non-hydrogen) atoms. The molecule has 3 aromatic rings. The average molecular weight is 450 g/mol. The fraction of sp³-hybridized carbons (Fsp3) is 0.286. The number of pyridine rings is 1. The summed E-state index contributed by atoms with van der Waals surface area (Å²) in [6, 6.07) is 12.4. The smallest absolute Gasteiger partial charge is 0.269 e. The molecule has 0 aliphatic carbocycles. The van der Waals surface area contributed by atoms with Gasteiger partial charge in [-0.1, -0.05) is 47.7 Å². The third kappa shape index (κ3) is 4.07. The average Bonchev–Trinajstić information content (AvgIpc) is 3.37. The zero-order chi connectivity index (χ0) is 19.5. The predicted molar refractivity (Wildman–Crippen MR) is 128 cm³/mol. The SMILES string of the molecule is Nc1c([S+](O)CCCCCl)sc2nc(C3=CCCS3)cc(-c3ccccc3)c12. The van der Waals surface area contributed by atoms with Crippen LogP contribution in [0.2, 0.25) is 0 Å². The van der Waals surface area contributed by atoms with Crippen LogP contribution in [-0.2, 0) is 11.2 Å². The van der Waals surface area contributed by atoms with Crippen LogP contribution in [0.5, 0.6) is 0 Å². The van der Waals surface area contributed by atoms with Gasteiger partial charge in [-0.15, -0.1) is 23.4 Å². The summed E-state index contributed by atoms with van der Waals surface area (Å²) in [7, 11) is 0. The number of rotatable bonds is 7. The highest BCUT2D eigenvalue weighted by Gasteiger charge is 2.30. The van der Waals surface area contributed by atoms with Gasteiger partial charge < -0.3 is 5.73 Å². The number of anilines is 1. The van der Waals surface area contributed by atoms with Crippen LogP contribution < -0.4 is 5.73 Å². The maximum Gasteiger partial charge on any atom is 0.269 e. The summed E-state index contributed by atoms with van der Waals surface area (Å²) >= 11 is 8.28. The number of alkyl halides is 1. The molecule has 0 saturated heterocycles. The van der Waals surface area contributed by atoms with E-state index in [9.17, 15) is 4.55 Å². The number of benzene rings is 1. The first kappa shape index (κ1) is 20.1. The summed E-state index contributed by atoms with van der Waals surface area (Å²) in [6.07, 6.45) is 5.14. The second-order valence-electron chi connectivity index (χ2n) is 6.57. The molecule has 3 N–H and O–H groups in total.